The van der Waals surface area contributed by atoms with Gasteiger partial charge in [0.15, 0.2) is 0 Å². The van der Waals surface area contributed by atoms with Crippen molar-refractivity contribution in [3.8, 4) is 0 Å². The van der Waals surface area contributed by atoms with Gasteiger partial charge in [-0.25, -0.2) is 0 Å². The Morgan fingerprint density at radius 3 is 2.56 bits per heavy atom. The minimum atomic E-state index is -0.264. The number of hydrogen-bond acceptors (Lipinski definition) is 2. The van der Waals surface area contributed by atoms with E-state index in [1.807, 2.05) is 0 Å². The van der Waals surface area contributed by atoms with Gasteiger partial charge in [0.25, 0.3) is 0 Å². The van der Waals surface area contributed by atoms with Crippen LogP contribution < -0.4 is 0 Å². The summed E-state index contributed by atoms with van der Waals surface area (Å²) in [5.74, 6) is 1.01. The molecule has 1 saturated carbocycles. The van der Waals surface area contributed by atoms with Crippen LogP contribution in [-0.4, -0.2) is 17.0 Å². The van der Waals surface area contributed by atoms with Crippen molar-refractivity contribution in [3.05, 3.63) is 0 Å². The molecule has 2 heteroatoms. The van der Waals surface area contributed by atoms with Crippen LogP contribution in [0, 0.1) is 5.92 Å². The molecular weight excluding hydrogens is 200 g/mol. The van der Waals surface area contributed by atoms with Gasteiger partial charge in [0.2, 0.25) is 0 Å². The second kappa shape index (κ2) is 7.83. The zero-order chi connectivity index (χ0) is 11.8. The molecule has 0 aromatic heterocycles. The quantitative estimate of drug-likeness (QED) is 0.721. The predicted octanol–water partition coefficient (Wildman–Crippen LogP) is 3.47. The lowest BCUT2D eigenvalue weighted by atomic mass is 9.85. The summed E-state index contributed by atoms with van der Waals surface area (Å²) in [4.78, 5) is 11.7. The smallest absolute Gasteiger partial charge is 0.133 e. The highest BCUT2D eigenvalue weighted by Crippen LogP contribution is 2.27. The van der Waals surface area contributed by atoms with Gasteiger partial charge in [-0.05, 0) is 18.8 Å². The molecule has 1 aliphatic rings. The van der Waals surface area contributed by atoms with Crippen LogP contribution >= 0.6 is 0 Å². The molecule has 0 aromatic rings. The lowest BCUT2D eigenvalue weighted by molar-refractivity contribution is -0.120. The van der Waals surface area contributed by atoms with Gasteiger partial charge < -0.3 is 5.11 Å². The summed E-state index contributed by atoms with van der Waals surface area (Å²) in [6.45, 7) is 2.06. The highest BCUT2D eigenvalue weighted by atomic mass is 16.3. The van der Waals surface area contributed by atoms with Gasteiger partial charge in [0, 0.05) is 12.8 Å². The fraction of sp³-hybridized carbons (Fsp3) is 0.929. The average molecular weight is 226 g/mol. The maximum Gasteiger partial charge on any atom is 0.133 e. The lowest BCUT2D eigenvalue weighted by Gasteiger charge is -2.20. The zero-order valence-corrected chi connectivity index (χ0v) is 10.6. The van der Waals surface area contributed by atoms with Crippen molar-refractivity contribution in [1.29, 1.82) is 0 Å². The summed E-state index contributed by atoms with van der Waals surface area (Å²) in [7, 11) is 0. The first-order valence-electron chi connectivity index (χ1n) is 6.92. The van der Waals surface area contributed by atoms with Gasteiger partial charge >= 0.3 is 0 Å². The van der Waals surface area contributed by atoms with E-state index in [4.69, 9.17) is 0 Å². The van der Waals surface area contributed by atoms with Crippen molar-refractivity contribution >= 4 is 5.78 Å². The molecule has 1 rings (SSSR count). The predicted molar refractivity (Wildman–Crippen MR) is 66.3 cm³/mol. The van der Waals surface area contributed by atoms with Crippen molar-refractivity contribution in [1.82, 2.24) is 0 Å². The maximum atomic E-state index is 11.7. The van der Waals surface area contributed by atoms with Crippen molar-refractivity contribution in [2.45, 2.75) is 77.2 Å². The van der Waals surface area contributed by atoms with Gasteiger partial charge in [-0.1, -0.05) is 45.4 Å². The summed E-state index contributed by atoms with van der Waals surface area (Å²) >= 11 is 0. The van der Waals surface area contributed by atoms with Crippen LogP contribution in [0.25, 0.3) is 0 Å². The zero-order valence-electron chi connectivity index (χ0n) is 10.6. The molecule has 16 heavy (non-hydrogen) atoms. The summed E-state index contributed by atoms with van der Waals surface area (Å²) in [5.41, 5.74) is 0. The molecule has 0 bridgehead atoms. The normalized spacial score (nSPS) is 19.6. The Hall–Kier alpha value is -0.370. The number of aliphatic hydroxyl groups excluding tert-OH is 1. The molecule has 1 fully saturated rings. The van der Waals surface area contributed by atoms with E-state index >= 15 is 0 Å². The molecule has 0 amide bonds. The van der Waals surface area contributed by atoms with E-state index in [0.29, 0.717) is 24.5 Å². The Kier molecular flexibility index (Phi) is 6.70. The fourth-order valence-corrected chi connectivity index (χ4v) is 2.62. The number of carbonyl (C=O) groups is 1. The Bertz CT molecular complexity index is 195. The van der Waals surface area contributed by atoms with Crippen molar-refractivity contribution < 1.29 is 9.90 Å². The molecule has 0 heterocycles. The van der Waals surface area contributed by atoms with Crippen LogP contribution in [0.15, 0.2) is 0 Å². The third-order valence-electron chi connectivity index (χ3n) is 3.62. The standard InChI is InChI=1S/C14H26O2/c1-2-6-13(15)9-10-14(16)11-12-7-4-3-5-8-12/h12-13,15H,2-11H2,1H3. The molecular formula is C14H26O2. The van der Waals surface area contributed by atoms with E-state index in [2.05, 4.69) is 6.92 Å². The molecule has 1 aliphatic carbocycles. The number of rotatable bonds is 7. The third-order valence-corrected chi connectivity index (χ3v) is 3.62. The van der Waals surface area contributed by atoms with Crippen LogP contribution in [0.2, 0.25) is 0 Å². The van der Waals surface area contributed by atoms with Crippen LogP contribution in [0.4, 0.5) is 0 Å². The van der Waals surface area contributed by atoms with Gasteiger partial charge in [-0.2, -0.15) is 0 Å². The first kappa shape index (κ1) is 13.7. The summed E-state index contributed by atoms with van der Waals surface area (Å²) in [6, 6.07) is 0. The third kappa shape index (κ3) is 5.64. The van der Waals surface area contributed by atoms with Crippen molar-refractivity contribution in [2.24, 2.45) is 5.92 Å². The lowest BCUT2D eigenvalue weighted by Crippen LogP contribution is -2.14. The van der Waals surface area contributed by atoms with Gasteiger partial charge in [-0.15, -0.1) is 0 Å². The number of carbonyl (C=O) groups excluding carboxylic acids is 1. The average Bonchev–Trinajstić information content (AvgIpc) is 2.28. The van der Waals surface area contributed by atoms with Crippen LogP contribution in [0.3, 0.4) is 0 Å². The second-order valence-electron chi connectivity index (χ2n) is 5.23. The summed E-state index contributed by atoms with van der Waals surface area (Å²) in [6.07, 6.45) is 10.0. The van der Waals surface area contributed by atoms with Gasteiger partial charge in [-0.3, -0.25) is 4.79 Å². The summed E-state index contributed by atoms with van der Waals surface area (Å²) in [5, 5.41) is 9.55. The second-order valence-corrected chi connectivity index (χ2v) is 5.23. The van der Waals surface area contributed by atoms with Crippen molar-refractivity contribution in [2.75, 3.05) is 0 Å². The van der Waals surface area contributed by atoms with E-state index < -0.39 is 0 Å². The Morgan fingerprint density at radius 2 is 1.94 bits per heavy atom. The Balaban J connectivity index is 2.10. The molecule has 2 nitrogen and oxygen atoms in total. The van der Waals surface area contributed by atoms with Crippen molar-refractivity contribution in [3.63, 3.8) is 0 Å². The van der Waals surface area contributed by atoms with E-state index in [0.717, 1.165) is 19.3 Å². The molecule has 1 atom stereocenters. The monoisotopic (exact) mass is 226 g/mol. The number of hydrogen-bond donors (Lipinski definition) is 1. The number of Topliss-reactive ketones (excluding diaryl/α,β-unsaturated/α-hetero) is 1. The van der Waals surface area contributed by atoms with Gasteiger partial charge in [0.1, 0.15) is 5.78 Å². The van der Waals surface area contributed by atoms with E-state index in [1.54, 1.807) is 0 Å². The number of ketones is 1. The molecule has 94 valence electrons. The highest BCUT2D eigenvalue weighted by molar-refractivity contribution is 5.78. The topological polar surface area (TPSA) is 37.3 Å². The molecule has 1 N–H and O–H groups in total. The fourth-order valence-electron chi connectivity index (χ4n) is 2.62. The maximum absolute atomic E-state index is 11.7. The molecule has 1 unspecified atom stereocenters. The van der Waals surface area contributed by atoms with E-state index in [9.17, 15) is 9.90 Å². The highest BCUT2D eigenvalue weighted by Gasteiger charge is 2.17. The van der Waals surface area contributed by atoms with E-state index in [-0.39, 0.29) is 6.10 Å². The minimum absolute atomic E-state index is 0.264. The van der Waals surface area contributed by atoms with Gasteiger partial charge in [0.05, 0.1) is 6.10 Å². The van der Waals surface area contributed by atoms with E-state index in [1.165, 1.54) is 32.1 Å². The molecule has 0 radical (unpaired) electrons. The Labute approximate surface area is 99.4 Å². The van der Waals surface area contributed by atoms with Crippen LogP contribution in [0.1, 0.15) is 71.1 Å². The molecule has 0 aromatic carbocycles. The molecule has 0 aliphatic heterocycles. The Morgan fingerprint density at radius 1 is 1.25 bits per heavy atom. The molecule has 0 saturated heterocycles. The van der Waals surface area contributed by atoms with Crippen LogP contribution in [0.5, 0.6) is 0 Å². The molecule has 0 spiro atoms. The SMILES string of the molecule is CCCC(O)CCC(=O)CC1CCCCC1. The first-order chi connectivity index (χ1) is 7.72. The largest absolute Gasteiger partial charge is 0.393 e. The van der Waals surface area contributed by atoms with Crippen LogP contribution in [-0.2, 0) is 4.79 Å². The number of aliphatic hydroxyl groups is 1. The minimum Gasteiger partial charge on any atom is -0.393 e. The first-order valence-corrected chi connectivity index (χ1v) is 6.92. The summed E-state index contributed by atoms with van der Waals surface area (Å²) < 4.78 is 0.